The summed E-state index contributed by atoms with van der Waals surface area (Å²) in [5.41, 5.74) is 2.14. The minimum Gasteiger partial charge on any atom is -0.484 e. The van der Waals surface area contributed by atoms with Gasteiger partial charge in [-0.25, -0.2) is 0 Å². The van der Waals surface area contributed by atoms with Crippen LogP contribution in [0.2, 0.25) is 0 Å². The molecule has 1 atom stereocenters. The molecule has 0 unspecified atom stereocenters. The van der Waals surface area contributed by atoms with Gasteiger partial charge in [-0.15, -0.1) is 10.2 Å². The lowest BCUT2D eigenvalue weighted by Gasteiger charge is -2.10. The van der Waals surface area contributed by atoms with Gasteiger partial charge in [-0.1, -0.05) is 30.0 Å². The lowest BCUT2D eigenvalue weighted by atomic mass is 10.2. The van der Waals surface area contributed by atoms with E-state index in [1.807, 2.05) is 37.3 Å². The van der Waals surface area contributed by atoms with E-state index in [1.165, 1.54) is 0 Å². The van der Waals surface area contributed by atoms with Crippen molar-refractivity contribution < 1.29 is 13.9 Å². The summed E-state index contributed by atoms with van der Waals surface area (Å²) >= 11 is 1.15. The van der Waals surface area contributed by atoms with Crippen molar-refractivity contribution in [2.24, 2.45) is 0 Å². The Balaban J connectivity index is 1.53. The third-order valence-electron chi connectivity index (χ3n) is 3.71. The van der Waals surface area contributed by atoms with Crippen LogP contribution in [0.15, 0.2) is 58.2 Å². The van der Waals surface area contributed by atoms with Gasteiger partial charge >= 0.3 is 0 Å². The normalized spacial score (nSPS) is 11.5. The van der Waals surface area contributed by atoms with E-state index in [0.29, 0.717) is 17.1 Å². The van der Waals surface area contributed by atoms with Crippen LogP contribution in [0.5, 0.6) is 5.75 Å². The quantitative estimate of drug-likeness (QED) is 0.606. The maximum atomic E-state index is 12.3. The fourth-order valence-electron chi connectivity index (χ4n) is 2.31. The van der Waals surface area contributed by atoms with Crippen molar-refractivity contribution >= 4 is 23.4 Å². The number of anilines is 1. The van der Waals surface area contributed by atoms with E-state index in [-0.39, 0.29) is 17.7 Å². The number of hydrogen-bond acceptors (Lipinski definition) is 7. The number of rotatable bonds is 7. The Labute approximate surface area is 166 Å². The number of hydrogen-bond donors (Lipinski definition) is 1. The molecular weight excluding hydrogens is 376 g/mol. The summed E-state index contributed by atoms with van der Waals surface area (Å²) in [6, 6.07) is 16.4. The molecular formula is C20H18N4O3S. The average molecular weight is 394 g/mol. The van der Waals surface area contributed by atoms with Crippen molar-refractivity contribution in [2.75, 3.05) is 5.32 Å². The Hall–Kier alpha value is -3.31. The molecule has 0 aliphatic rings. The number of carbonyl (C=O) groups excluding carboxylic acids is 1. The van der Waals surface area contributed by atoms with Crippen LogP contribution >= 0.6 is 11.8 Å². The number of thioether (sulfide) groups is 1. The summed E-state index contributed by atoms with van der Waals surface area (Å²) in [5.74, 6) is 0.828. The summed E-state index contributed by atoms with van der Waals surface area (Å²) in [6.07, 6.45) is 0. The van der Waals surface area contributed by atoms with Gasteiger partial charge in [0.2, 0.25) is 5.91 Å². The molecule has 3 rings (SSSR count). The molecule has 0 saturated heterocycles. The first-order valence-electron chi connectivity index (χ1n) is 8.53. The van der Waals surface area contributed by atoms with Gasteiger partial charge in [-0.2, -0.15) is 5.26 Å². The highest BCUT2D eigenvalue weighted by Crippen LogP contribution is 2.24. The van der Waals surface area contributed by atoms with Crippen molar-refractivity contribution in [3.05, 3.63) is 65.5 Å². The van der Waals surface area contributed by atoms with Gasteiger partial charge in [0.1, 0.15) is 5.75 Å². The zero-order chi connectivity index (χ0) is 19.9. The van der Waals surface area contributed by atoms with Crippen molar-refractivity contribution in [1.82, 2.24) is 10.2 Å². The molecule has 1 amide bonds. The molecule has 1 heterocycles. The Morgan fingerprint density at radius 3 is 2.89 bits per heavy atom. The first kappa shape index (κ1) is 19.5. The van der Waals surface area contributed by atoms with E-state index < -0.39 is 5.25 Å². The first-order valence-corrected chi connectivity index (χ1v) is 9.41. The molecule has 0 saturated carbocycles. The predicted molar refractivity (Wildman–Crippen MR) is 105 cm³/mol. The summed E-state index contributed by atoms with van der Waals surface area (Å²) in [4.78, 5) is 12.3. The molecule has 0 aliphatic heterocycles. The SMILES string of the molecule is Cc1cccc(OCc2nnc(S[C@@H](C)C(=O)Nc3cccc(C#N)c3)o2)c1. The first-order chi connectivity index (χ1) is 13.5. The number of amides is 1. The smallest absolute Gasteiger partial charge is 0.277 e. The summed E-state index contributed by atoms with van der Waals surface area (Å²) in [7, 11) is 0. The predicted octanol–water partition coefficient (Wildman–Crippen LogP) is 3.95. The molecule has 0 fully saturated rings. The van der Waals surface area contributed by atoms with Crippen molar-refractivity contribution in [3.63, 3.8) is 0 Å². The van der Waals surface area contributed by atoms with Crippen LogP contribution in [-0.4, -0.2) is 21.4 Å². The largest absolute Gasteiger partial charge is 0.484 e. The standard InChI is InChI=1S/C20H18N4O3S/c1-13-5-3-8-17(9-13)26-12-18-23-24-20(27-18)28-14(2)19(25)22-16-7-4-6-15(10-16)11-21/h3-10,14H,12H2,1-2H3,(H,22,25)/t14-/m0/s1. The van der Waals surface area contributed by atoms with Gasteiger partial charge in [0, 0.05) is 5.69 Å². The van der Waals surface area contributed by atoms with Gasteiger partial charge < -0.3 is 14.5 Å². The number of nitrogens with one attached hydrogen (secondary N) is 1. The average Bonchev–Trinajstić information content (AvgIpc) is 3.14. The molecule has 0 spiro atoms. The van der Waals surface area contributed by atoms with Gasteiger partial charge in [-0.05, 0) is 49.7 Å². The molecule has 0 aliphatic carbocycles. The van der Waals surface area contributed by atoms with Gasteiger partial charge in [0.15, 0.2) is 6.61 Å². The fourth-order valence-corrected chi connectivity index (χ4v) is 3.01. The molecule has 3 aromatic rings. The van der Waals surface area contributed by atoms with E-state index in [9.17, 15) is 4.79 Å². The minimum atomic E-state index is -0.461. The molecule has 0 radical (unpaired) electrons. The Morgan fingerprint density at radius 2 is 2.11 bits per heavy atom. The van der Waals surface area contributed by atoms with Gasteiger partial charge in [0.25, 0.3) is 11.1 Å². The molecule has 0 bridgehead atoms. The van der Waals surface area contributed by atoms with Crippen LogP contribution in [0.25, 0.3) is 0 Å². The highest BCUT2D eigenvalue weighted by Gasteiger charge is 2.19. The second-order valence-corrected chi connectivity index (χ2v) is 7.30. The molecule has 28 heavy (non-hydrogen) atoms. The summed E-state index contributed by atoms with van der Waals surface area (Å²) in [5, 5.41) is 19.4. The van der Waals surface area contributed by atoms with Crippen LogP contribution in [0.1, 0.15) is 23.9 Å². The number of benzene rings is 2. The lowest BCUT2D eigenvalue weighted by Crippen LogP contribution is -2.22. The second kappa shape index (κ2) is 9.06. The van der Waals surface area contributed by atoms with Crippen LogP contribution in [-0.2, 0) is 11.4 Å². The molecule has 142 valence electrons. The Bertz CT molecular complexity index is 1010. The molecule has 7 nitrogen and oxygen atoms in total. The molecule has 8 heteroatoms. The van der Waals surface area contributed by atoms with Gasteiger partial charge in [-0.3, -0.25) is 4.79 Å². The van der Waals surface area contributed by atoms with E-state index >= 15 is 0 Å². The number of nitriles is 1. The Kier molecular flexibility index (Phi) is 6.29. The summed E-state index contributed by atoms with van der Waals surface area (Å²) in [6.45, 7) is 3.87. The monoisotopic (exact) mass is 394 g/mol. The third kappa shape index (κ3) is 5.34. The van der Waals surface area contributed by atoms with Crippen molar-refractivity contribution in [1.29, 1.82) is 5.26 Å². The van der Waals surface area contributed by atoms with E-state index in [0.717, 1.165) is 23.1 Å². The third-order valence-corrected chi connectivity index (χ3v) is 4.64. The maximum absolute atomic E-state index is 12.3. The van der Waals surface area contributed by atoms with E-state index in [2.05, 4.69) is 15.5 Å². The van der Waals surface area contributed by atoms with Crippen LogP contribution in [0, 0.1) is 18.3 Å². The highest BCUT2D eigenvalue weighted by molar-refractivity contribution is 8.00. The lowest BCUT2D eigenvalue weighted by molar-refractivity contribution is -0.115. The van der Waals surface area contributed by atoms with Crippen LogP contribution in [0.3, 0.4) is 0 Å². The minimum absolute atomic E-state index is 0.151. The molecule has 1 aromatic heterocycles. The second-order valence-electron chi connectivity index (χ2n) is 6.01. The van der Waals surface area contributed by atoms with E-state index in [1.54, 1.807) is 31.2 Å². The highest BCUT2D eigenvalue weighted by atomic mass is 32.2. The summed E-state index contributed by atoms with van der Waals surface area (Å²) < 4.78 is 11.2. The zero-order valence-corrected chi connectivity index (χ0v) is 16.2. The van der Waals surface area contributed by atoms with Crippen LogP contribution in [0.4, 0.5) is 5.69 Å². The topological polar surface area (TPSA) is 101 Å². The number of nitrogens with zero attached hydrogens (tertiary/aromatic N) is 3. The number of aryl methyl sites for hydroxylation is 1. The molecule has 2 aromatic carbocycles. The number of ether oxygens (including phenoxy) is 1. The van der Waals surface area contributed by atoms with Crippen molar-refractivity contribution in [3.8, 4) is 11.8 Å². The zero-order valence-electron chi connectivity index (χ0n) is 15.4. The van der Waals surface area contributed by atoms with Crippen LogP contribution < -0.4 is 10.1 Å². The van der Waals surface area contributed by atoms with Crippen molar-refractivity contribution in [2.45, 2.75) is 30.9 Å². The maximum Gasteiger partial charge on any atom is 0.277 e. The van der Waals surface area contributed by atoms with Gasteiger partial charge in [0.05, 0.1) is 16.9 Å². The number of aromatic nitrogens is 2. The number of carbonyl (C=O) groups is 1. The molecule has 1 N–H and O–H groups in total. The van der Waals surface area contributed by atoms with E-state index in [4.69, 9.17) is 14.4 Å². The fraction of sp³-hybridized carbons (Fsp3) is 0.200. The Morgan fingerprint density at radius 1 is 1.29 bits per heavy atom.